The van der Waals surface area contributed by atoms with Crippen molar-refractivity contribution in [1.29, 1.82) is 0 Å². The summed E-state index contributed by atoms with van der Waals surface area (Å²) in [6.45, 7) is 6.24. The lowest BCUT2D eigenvalue weighted by atomic mass is 9.89. The Morgan fingerprint density at radius 1 is 1.43 bits per heavy atom. The second-order valence-electron chi connectivity index (χ2n) is 5.81. The summed E-state index contributed by atoms with van der Waals surface area (Å²) in [7, 11) is 0. The van der Waals surface area contributed by atoms with E-state index >= 15 is 0 Å². The van der Waals surface area contributed by atoms with Gasteiger partial charge in [0.05, 0.1) is 24.3 Å². The number of amides is 1. The highest BCUT2D eigenvalue weighted by molar-refractivity contribution is 8.13. The maximum Gasteiger partial charge on any atom is 0.342 e. The Kier molecular flexibility index (Phi) is 6.62. The number of aliphatic imine (C=N–C) groups is 1. The van der Waals surface area contributed by atoms with E-state index in [-0.39, 0.29) is 11.4 Å². The lowest BCUT2D eigenvalue weighted by Gasteiger charge is -2.29. The van der Waals surface area contributed by atoms with E-state index in [1.165, 1.54) is 0 Å². The SMILES string of the molecule is CCOCCC[NH2+]C(=O)c1ccc(C2(C)CCSC(N)=N2)cc1. The number of amidine groups is 1. The molecule has 1 aromatic rings. The first-order valence-electron chi connectivity index (χ1n) is 8.09. The van der Waals surface area contributed by atoms with E-state index in [4.69, 9.17) is 10.5 Å². The molecule has 1 aliphatic rings. The van der Waals surface area contributed by atoms with Crippen molar-refractivity contribution in [3.8, 4) is 0 Å². The van der Waals surface area contributed by atoms with Crippen LogP contribution in [0.3, 0.4) is 0 Å². The first-order chi connectivity index (χ1) is 11.0. The maximum atomic E-state index is 12.1. The largest absolute Gasteiger partial charge is 0.382 e. The summed E-state index contributed by atoms with van der Waals surface area (Å²) in [5.41, 5.74) is 7.40. The molecule has 1 amide bonds. The van der Waals surface area contributed by atoms with Crippen molar-refractivity contribution in [2.45, 2.75) is 32.2 Å². The number of quaternary nitrogens is 1. The van der Waals surface area contributed by atoms with Gasteiger partial charge in [0.1, 0.15) is 0 Å². The monoisotopic (exact) mass is 336 g/mol. The van der Waals surface area contributed by atoms with Crippen molar-refractivity contribution >= 4 is 22.8 Å². The molecular weight excluding hydrogens is 310 g/mol. The second kappa shape index (κ2) is 8.47. The third-order valence-corrected chi connectivity index (χ3v) is 4.81. The van der Waals surface area contributed by atoms with Gasteiger partial charge in [0.2, 0.25) is 0 Å². The fourth-order valence-corrected chi connectivity index (χ4v) is 3.54. The third kappa shape index (κ3) is 5.06. The number of benzene rings is 1. The van der Waals surface area contributed by atoms with Crippen molar-refractivity contribution in [2.24, 2.45) is 10.7 Å². The summed E-state index contributed by atoms with van der Waals surface area (Å²) in [5, 5.41) is 2.38. The minimum atomic E-state index is -0.280. The highest BCUT2D eigenvalue weighted by atomic mass is 32.2. The lowest BCUT2D eigenvalue weighted by Crippen LogP contribution is -2.88. The molecule has 0 saturated heterocycles. The van der Waals surface area contributed by atoms with E-state index in [0.717, 1.165) is 42.9 Å². The van der Waals surface area contributed by atoms with E-state index in [2.05, 4.69) is 11.9 Å². The van der Waals surface area contributed by atoms with E-state index < -0.39 is 0 Å². The van der Waals surface area contributed by atoms with E-state index in [1.54, 1.807) is 17.1 Å². The Morgan fingerprint density at radius 3 is 2.83 bits per heavy atom. The highest BCUT2D eigenvalue weighted by Gasteiger charge is 2.29. The number of carbonyl (C=O) groups is 1. The van der Waals surface area contributed by atoms with E-state index in [9.17, 15) is 4.79 Å². The molecule has 6 heteroatoms. The first-order valence-corrected chi connectivity index (χ1v) is 9.07. The van der Waals surface area contributed by atoms with Gasteiger partial charge in [0.15, 0.2) is 5.17 Å². The quantitative estimate of drug-likeness (QED) is 0.739. The number of nitrogens with zero attached hydrogens (tertiary/aromatic N) is 1. The molecule has 0 bridgehead atoms. The number of hydrogen-bond donors (Lipinski definition) is 2. The van der Waals surface area contributed by atoms with Gasteiger partial charge in [-0.05, 0) is 38.0 Å². The molecule has 0 aliphatic carbocycles. The number of thioether (sulfide) groups is 1. The van der Waals surface area contributed by atoms with Crippen LogP contribution in [0.1, 0.15) is 42.6 Å². The number of hydrogen-bond acceptors (Lipinski definition) is 5. The molecule has 5 nitrogen and oxygen atoms in total. The molecule has 0 spiro atoms. The van der Waals surface area contributed by atoms with Crippen LogP contribution in [-0.4, -0.2) is 36.6 Å². The Balaban J connectivity index is 1.94. The summed E-state index contributed by atoms with van der Waals surface area (Å²) in [4.78, 5) is 16.7. The minimum Gasteiger partial charge on any atom is -0.382 e. The average Bonchev–Trinajstić information content (AvgIpc) is 2.54. The lowest BCUT2D eigenvalue weighted by molar-refractivity contribution is -0.555. The predicted molar refractivity (Wildman–Crippen MR) is 94.7 cm³/mol. The topological polar surface area (TPSA) is 81.3 Å². The zero-order chi connectivity index (χ0) is 16.7. The number of rotatable bonds is 7. The summed E-state index contributed by atoms with van der Waals surface area (Å²) in [6, 6.07) is 7.76. The van der Waals surface area contributed by atoms with Gasteiger partial charge in [-0.25, -0.2) is 4.79 Å². The molecule has 0 aromatic heterocycles. The molecule has 1 atom stereocenters. The van der Waals surface area contributed by atoms with Gasteiger partial charge in [0.25, 0.3) is 0 Å². The summed E-state index contributed by atoms with van der Waals surface area (Å²) < 4.78 is 5.27. The average molecular weight is 336 g/mol. The summed E-state index contributed by atoms with van der Waals surface area (Å²) in [5.74, 6) is 1.04. The molecule has 23 heavy (non-hydrogen) atoms. The maximum absolute atomic E-state index is 12.1. The molecule has 1 unspecified atom stereocenters. The molecule has 4 N–H and O–H groups in total. The Labute approximate surface area is 142 Å². The third-order valence-electron chi connectivity index (χ3n) is 4.01. The number of primary amides is 1. The predicted octanol–water partition coefficient (Wildman–Crippen LogP) is 1.48. The van der Waals surface area contributed by atoms with Crippen LogP contribution in [0.4, 0.5) is 0 Å². The molecule has 126 valence electrons. The van der Waals surface area contributed by atoms with Gasteiger partial charge >= 0.3 is 5.91 Å². The molecular formula is C17H26N3O2S+. The van der Waals surface area contributed by atoms with Crippen molar-refractivity contribution in [2.75, 3.05) is 25.5 Å². The molecule has 1 aliphatic heterocycles. The zero-order valence-electron chi connectivity index (χ0n) is 13.9. The van der Waals surface area contributed by atoms with Crippen LogP contribution in [-0.2, 0) is 10.3 Å². The van der Waals surface area contributed by atoms with Crippen LogP contribution in [0.15, 0.2) is 29.3 Å². The van der Waals surface area contributed by atoms with Gasteiger partial charge in [-0.3, -0.25) is 10.3 Å². The van der Waals surface area contributed by atoms with Crippen molar-refractivity contribution < 1.29 is 14.8 Å². The molecule has 0 radical (unpaired) electrons. The van der Waals surface area contributed by atoms with Crippen LogP contribution in [0, 0.1) is 0 Å². The zero-order valence-corrected chi connectivity index (χ0v) is 14.7. The van der Waals surface area contributed by atoms with Crippen LogP contribution in [0.25, 0.3) is 0 Å². The minimum absolute atomic E-state index is 0.0698. The standard InChI is InChI=1S/C17H25N3O2S/c1-3-22-11-4-10-19-15(21)13-5-7-14(8-6-13)17(2)9-12-23-16(18)20-17/h5-8H,3-4,9-12H2,1-2H3,(H2,18,20)(H,19,21)/p+1. The first kappa shape index (κ1) is 18.0. The Hall–Kier alpha value is -1.37. The van der Waals surface area contributed by atoms with Crippen molar-refractivity contribution in [1.82, 2.24) is 0 Å². The molecule has 1 heterocycles. The number of nitrogens with two attached hydrogens (primary N) is 2. The van der Waals surface area contributed by atoms with Crippen LogP contribution >= 0.6 is 11.8 Å². The van der Waals surface area contributed by atoms with Crippen LogP contribution < -0.4 is 11.1 Å². The fraction of sp³-hybridized carbons (Fsp3) is 0.529. The van der Waals surface area contributed by atoms with Crippen molar-refractivity contribution in [3.05, 3.63) is 35.4 Å². The normalized spacial score (nSPS) is 21.0. The molecule has 0 saturated carbocycles. The van der Waals surface area contributed by atoms with Gasteiger partial charge in [-0.15, -0.1) is 0 Å². The molecule has 2 rings (SSSR count). The van der Waals surface area contributed by atoms with Gasteiger partial charge in [-0.1, -0.05) is 23.9 Å². The van der Waals surface area contributed by atoms with E-state index in [0.29, 0.717) is 11.8 Å². The summed E-state index contributed by atoms with van der Waals surface area (Å²) in [6.07, 6.45) is 1.83. The van der Waals surface area contributed by atoms with E-state index in [1.807, 2.05) is 31.2 Å². The van der Waals surface area contributed by atoms with Gasteiger partial charge in [-0.2, -0.15) is 0 Å². The van der Waals surface area contributed by atoms with Crippen LogP contribution in [0.2, 0.25) is 0 Å². The van der Waals surface area contributed by atoms with Gasteiger partial charge < -0.3 is 10.5 Å². The molecule has 0 fully saturated rings. The summed E-state index contributed by atoms with van der Waals surface area (Å²) >= 11 is 1.60. The smallest absolute Gasteiger partial charge is 0.342 e. The fourth-order valence-electron chi connectivity index (χ4n) is 2.57. The molecule has 1 aromatic carbocycles. The Morgan fingerprint density at radius 2 is 2.17 bits per heavy atom. The Bertz CT molecular complexity index is 559. The highest BCUT2D eigenvalue weighted by Crippen LogP contribution is 2.34. The number of ether oxygens (including phenoxy) is 1. The second-order valence-corrected chi connectivity index (χ2v) is 6.92. The van der Waals surface area contributed by atoms with Crippen LogP contribution in [0.5, 0.6) is 0 Å². The number of carbonyl (C=O) groups excluding carboxylic acids is 1. The van der Waals surface area contributed by atoms with Crippen molar-refractivity contribution in [3.63, 3.8) is 0 Å². The van der Waals surface area contributed by atoms with Gasteiger partial charge in [0, 0.05) is 18.8 Å².